The van der Waals surface area contributed by atoms with E-state index in [0.29, 0.717) is 5.95 Å². The minimum atomic E-state index is 0.644. The maximum atomic E-state index is 5.34. The van der Waals surface area contributed by atoms with E-state index in [1.54, 1.807) is 0 Å². The van der Waals surface area contributed by atoms with Gasteiger partial charge in [0.2, 0.25) is 5.95 Å². The summed E-state index contributed by atoms with van der Waals surface area (Å²) in [5.74, 6) is 0.644. The molecular weight excluding hydrogens is 557 g/mol. The summed E-state index contributed by atoms with van der Waals surface area (Å²) in [6, 6.07) is 45.1. The molecule has 0 bridgehead atoms. The zero-order valence-corrected chi connectivity index (χ0v) is 24.2. The van der Waals surface area contributed by atoms with E-state index >= 15 is 0 Å². The lowest BCUT2D eigenvalue weighted by atomic mass is 10.00. The van der Waals surface area contributed by atoms with Crippen molar-refractivity contribution in [3.05, 3.63) is 134 Å². The normalized spacial score (nSPS) is 12.1. The van der Waals surface area contributed by atoms with Crippen molar-refractivity contribution >= 4 is 85.9 Å². The van der Waals surface area contributed by atoms with Gasteiger partial charge >= 0.3 is 0 Å². The van der Waals surface area contributed by atoms with Crippen LogP contribution in [-0.4, -0.2) is 19.5 Å². The van der Waals surface area contributed by atoms with Crippen molar-refractivity contribution in [2.45, 2.75) is 0 Å². The van der Waals surface area contributed by atoms with Gasteiger partial charge in [-0.25, -0.2) is 9.97 Å². The van der Waals surface area contributed by atoms with Crippen LogP contribution in [-0.2, 0) is 0 Å². The molecule has 0 aliphatic rings. The predicted octanol–water partition coefficient (Wildman–Crippen LogP) is 10.5. The van der Waals surface area contributed by atoms with Crippen LogP contribution in [0.25, 0.3) is 91.8 Å². The topological polar surface area (TPSA) is 43.6 Å². The molecule has 0 fully saturated rings. The maximum absolute atomic E-state index is 5.34. The van der Waals surface area contributed by atoms with Crippen molar-refractivity contribution in [2.75, 3.05) is 0 Å². The number of fused-ring (bicyclic) bond motifs is 12. The average molecular weight is 579 g/mol. The molecule has 0 radical (unpaired) electrons. The lowest BCUT2D eigenvalue weighted by Crippen LogP contribution is -2.04. The lowest BCUT2D eigenvalue weighted by Gasteiger charge is -2.13. The molecule has 4 aromatic heterocycles. The van der Waals surface area contributed by atoms with Gasteiger partial charge in [0.25, 0.3) is 0 Å². The monoisotopic (exact) mass is 578 g/mol. The second-order valence-electron chi connectivity index (χ2n) is 11.2. The van der Waals surface area contributed by atoms with Crippen molar-refractivity contribution in [3.63, 3.8) is 0 Å². The molecule has 5 heteroatoms. The smallest absolute Gasteiger partial charge is 0.235 e. The third kappa shape index (κ3) is 3.24. The Balaban J connectivity index is 1.39. The first-order chi connectivity index (χ1) is 21.8. The Morgan fingerprint density at radius 2 is 1.32 bits per heavy atom. The van der Waals surface area contributed by atoms with Crippen LogP contribution in [0, 0.1) is 0 Å². The Morgan fingerprint density at radius 1 is 0.568 bits per heavy atom. The number of nitrogens with zero attached hydrogens (tertiary/aromatic N) is 4. The summed E-state index contributed by atoms with van der Waals surface area (Å²) in [5, 5.41) is 9.87. The Labute approximate surface area is 255 Å². The Kier molecular flexibility index (Phi) is 4.84. The highest BCUT2D eigenvalue weighted by Crippen LogP contribution is 2.47. The van der Waals surface area contributed by atoms with Gasteiger partial charge in [0.05, 0.1) is 16.6 Å². The third-order valence-corrected chi connectivity index (χ3v) is 10.0. The molecule has 0 saturated heterocycles. The van der Waals surface area contributed by atoms with Crippen LogP contribution >= 0.6 is 11.3 Å². The van der Waals surface area contributed by atoms with E-state index < -0.39 is 0 Å². The van der Waals surface area contributed by atoms with Crippen LogP contribution in [0.4, 0.5) is 0 Å². The molecule has 0 saturated carbocycles. The van der Waals surface area contributed by atoms with Gasteiger partial charge in [-0.2, -0.15) is 0 Å². The number of pyridine rings is 1. The van der Waals surface area contributed by atoms with E-state index in [2.05, 4.69) is 120 Å². The van der Waals surface area contributed by atoms with E-state index in [1.165, 1.54) is 52.5 Å². The molecule has 0 aliphatic heterocycles. The SMILES string of the molecule is c1ccc2cc(-c3nc(-n4c5ccccc5c5c6sc7ccccc7c6c6ccccc6c54)nc4cccnc34)ccc2c1. The van der Waals surface area contributed by atoms with E-state index in [4.69, 9.17) is 15.0 Å². The Morgan fingerprint density at radius 3 is 2.23 bits per heavy atom. The number of aromatic nitrogens is 4. The molecule has 44 heavy (non-hydrogen) atoms. The van der Waals surface area contributed by atoms with Crippen LogP contribution in [0.1, 0.15) is 0 Å². The van der Waals surface area contributed by atoms with Crippen LogP contribution in [0.15, 0.2) is 134 Å². The van der Waals surface area contributed by atoms with Crippen molar-refractivity contribution in [2.24, 2.45) is 0 Å². The third-order valence-electron chi connectivity index (χ3n) is 8.81. The van der Waals surface area contributed by atoms with Crippen LogP contribution in [0.5, 0.6) is 0 Å². The molecule has 10 aromatic rings. The Bertz CT molecular complexity index is 2790. The summed E-state index contributed by atoms with van der Waals surface area (Å²) in [6.45, 7) is 0. The second kappa shape index (κ2) is 8.93. The summed E-state index contributed by atoms with van der Waals surface area (Å²) < 4.78 is 4.86. The maximum Gasteiger partial charge on any atom is 0.235 e. The number of thiophene rings is 1. The standard InChI is InChI=1S/C39H22N4S/c1-2-11-24-22-25(20-19-23(24)10-1)35-36-30(16-9-21-40-36)41-39(42-35)43-31-17-7-5-14-28(31)34-37(43)27-13-4-3-12-26(27)33-29-15-6-8-18-32(29)44-38(33)34/h1-22H. The zero-order valence-electron chi connectivity index (χ0n) is 23.4. The van der Waals surface area contributed by atoms with E-state index in [-0.39, 0.29) is 0 Å². The molecule has 0 aliphatic carbocycles. The second-order valence-corrected chi connectivity index (χ2v) is 12.3. The van der Waals surface area contributed by atoms with Gasteiger partial charge in [-0.1, -0.05) is 97.1 Å². The van der Waals surface area contributed by atoms with Crippen LogP contribution < -0.4 is 0 Å². The predicted molar refractivity (Wildman–Crippen MR) is 185 cm³/mol. The molecule has 4 heterocycles. The highest BCUT2D eigenvalue weighted by molar-refractivity contribution is 7.27. The number of hydrogen-bond donors (Lipinski definition) is 0. The van der Waals surface area contributed by atoms with Crippen molar-refractivity contribution in [3.8, 4) is 17.2 Å². The van der Waals surface area contributed by atoms with Crippen molar-refractivity contribution in [1.29, 1.82) is 0 Å². The fourth-order valence-corrected chi connectivity index (χ4v) is 8.20. The van der Waals surface area contributed by atoms with Gasteiger partial charge in [-0.15, -0.1) is 11.3 Å². The van der Waals surface area contributed by atoms with Crippen LogP contribution in [0.2, 0.25) is 0 Å². The minimum Gasteiger partial charge on any atom is -0.277 e. The minimum absolute atomic E-state index is 0.644. The summed E-state index contributed by atoms with van der Waals surface area (Å²) in [4.78, 5) is 15.3. The summed E-state index contributed by atoms with van der Waals surface area (Å²) in [6.07, 6.45) is 1.82. The number of hydrogen-bond acceptors (Lipinski definition) is 4. The molecule has 4 nitrogen and oxygen atoms in total. The van der Waals surface area contributed by atoms with E-state index in [0.717, 1.165) is 33.3 Å². The zero-order chi connectivity index (χ0) is 28.8. The molecule has 0 spiro atoms. The van der Waals surface area contributed by atoms with Gasteiger partial charge in [-0.3, -0.25) is 9.55 Å². The number of para-hydroxylation sites is 1. The fourth-order valence-electron chi connectivity index (χ4n) is 6.92. The van der Waals surface area contributed by atoms with Gasteiger partial charge < -0.3 is 0 Å². The molecule has 6 aromatic carbocycles. The number of rotatable bonds is 2. The van der Waals surface area contributed by atoms with E-state index in [1.807, 2.05) is 29.7 Å². The molecule has 0 atom stereocenters. The molecule has 204 valence electrons. The average Bonchev–Trinajstić information content (AvgIpc) is 3.64. The largest absolute Gasteiger partial charge is 0.277 e. The van der Waals surface area contributed by atoms with Gasteiger partial charge in [-0.05, 0) is 46.5 Å². The van der Waals surface area contributed by atoms with Crippen molar-refractivity contribution in [1.82, 2.24) is 19.5 Å². The first-order valence-corrected chi connectivity index (χ1v) is 15.5. The molecular formula is C39H22N4S. The fraction of sp³-hybridized carbons (Fsp3) is 0. The van der Waals surface area contributed by atoms with E-state index in [9.17, 15) is 0 Å². The number of benzene rings is 6. The Hall–Kier alpha value is -5.65. The van der Waals surface area contributed by atoms with Crippen LogP contribution in [0.3, 0.4) is 0 Å². The first kappa shape index (κ1) is 23.9. The highest BCUT2D eigenvalue weighted by atomic mass is 32.1. The van der Waals surface area contributed by atoms with Gasteiger partial charge in [0.15, 0.2) is 0 Å². The molecule has 0 N–H and O–H groups in total. The van der Waals surface area contributed by atoms with Gasteiger partial charge in [0.1, 0.15) is 11.2 Å². The summed E-state index contributed by atoms with van der Waals surface area (Å²) in [5.41, 5.74) is 5.69. The molecule has 0 unspecified atom stereocenters. The van der Waals surface area contributed by atoms with Gasteiger partial charge in [0, 0.05) is 48.1 Å². The highest BCUT2D eigenvalue weighted by Gasteiger charge is 2.23. The summed E-state index contributed by atoms with van der Waals surface area (Å²) >= 11 is 1.87. The lowest BCUT2D eigenvalue weighted by molar-refractivity contribution is 1.01. The quantitative estimate of drug-likeness (QED) is 0.205. The molecule has 10 rings (SSSR count). The van der Waals surface area contributed by atoms with Crippen molar-refractivity contribution < 1.29 is 0 Å². The summed E-state index contributed by atoms with van der Waals surface area (Å²) in [7, 11) is 0. The first-order valence-electron chi connectivity index (χ1n) is 14.7. The molecule has 0 amide bonds.